The molecule has 19 heavy (non-hydrogen) atoms. The Morgan fingerprint density at radius 3 is 3.00 bits per heavy atom. The van der Waals surface area contributed by atoms with Gasteiger partial charge in [-0.1, -0.05) is 6.42 Å². The molecule has 2 aliphatic carbocycles. The van der Waals surface area contributed by atoms with Crippen LogP contribution in [0.5, 0.6) is 0 Å². The zero-order valence-corrected chi connectivity index (χ0v) is 11.5. The van der Waals surface area contributed by atoms with Crippen molar-refractivity contribution in [2.45, 2.75) is 51.0 Å². The molecule has 1 amide bonds. The number of nitrogens with zero attached hydrogens (tertiary/aromatic N) is 2. The van der Waals surface area contributed by atoms with E-state index in [1.54, 1.807) is 4.68 Å². The minimum atomic E-state index is 0.0834. The van der Waals surface area contributed by atoms with E-state index in [0.29, 0.717) is 12.3 Å². The van der Waals surface area contributed by atoms with Crippen LogP contribution in [0, 0.1) is 5.92 Å². The minimum absolute atomic E-state index is 0.0834. The van der Waals surface area contributed by atoms with Gasteiger partial charge in [0, 0.05) is 25.1 Å². The zero-order chi connectivity index (χ0) is 13.4. The van der Waals surface area contributed by atoms with E-state index in [1.807, 2.05) is 7.05 Å². The Bertz CT molecular complexity index is 494. The second kappa shape index (κ2) is 4.96. The summed E-state index contributed by atoms with van der Waals surface area (Å²) in [4.78, 5) is 12.2. The van der Waals surface area contributed by atoms with Crippen LogP contribution >= 0.6 is 0 Å². The molecular formula is C14H22N4O. The lowest BCUT2D eigenvalue weighted by Crippen LogP contribution is -2.28. The summed E-state index contributed by atoms with van der Waals surface area (Å²) in [6.07, 6.45) is 7.04. The van der Waals surface area contributed by atoms with Gasteiger partial charge in [-0.05, 0) is 38.0 Å². The summed E-state index contributed by atoms with van der Waals surface area (Å²) in [5.41, 5.74) is 8.40. The van der Waals surface area contributed by atoms with Crippen molar-refractivity contribution in [3.8, 4) is 0 Å². The molecule has 1 aromatic heterocycles. The standard InChI is InChI=1S/C14H22N4O/c1-18-14(10-5-3-7-12(10)17-18)16-13(19)8-9-4-2-6-11(9)15/h9,11H,2-8,15H2,1H3,(H,16,19)/t9-,11+/m0/s1. The minimum Gasteiger partial charge on any atom is -0.327 e. The summed E-state index contributed by atoms with van der Waals surface area (Å²) in [6.45, 7) is 0. The number of aryl methyl sites for hydroxylation is 2. The van der Waals surface area contributed by atoms with Crippen molar-refractivity contribution in [2.24, 2.45) is 18.7 Å². The van der Waals surface area contributed by atoms with E-state index in [0.717, 1.165) is 50.0 Å². The number of aromatic nitrogens is 2. The number of fused-ring (bicyclic) bond motifs is 1. The summed E-state index contributed by atoms with van der Waals surface area (Å²) >= 11 is 0. The lowest BCUT2D eigenvalue weighted by molar-refractivity contribution is -0.117. The molecule has 5 nitrogen and oxygen atoms in total. The molecule has 0 aromatic carbocycles. The quantitative estimate of drug-likeness (QED) is 0.864. The van der Waals surface area contributed by atoms with Gasteiger partial charge in [0.15, 0.2) is 0 Å². The first-order valence-electron chi connectivity index (χ1n) is 7.25. The highest BCUT2D eigenvalue weighted by atomic mass is 16.1. The molecule has 1 fully saturated rings. The van der Waals surface area contributed by atoms with Gasteiger partial charge in [0.1, 0.15) is 5.82 Å². The van der Waals surface area contributed by atoms with Crippen molar-refractivity contribution >= 4 is 11.7 Å². The number of hydrogen-bond acceptors (Lipinski definition) is 3. The SMILES string of the molecule is Cn1nc2c(c1NC(=O)C[C@@H]1CCC[C@H]1N)CCC2. The summed E-state index contributed by atoms with van der Waals surface area (Å²) in [5, 5.41) is 7.51. The van der Waals surface area contributed by atoms with Crippen LogP contribution in [0.15, 0.2) is 0 Å². The molecule has 0 aliphatic heterocycles. The van der Waals surface area contributed by atoms with Crippen LogP contribution in [-0.2, 0) is 24.7 Å². The molecule has 5 heteroatoms. The van der Waals surface area contributed by atoms with Crippen LogP contribution in [0.25, 0.3) is 0 Å². The predicted octanol–water partition coefficient (Wildman–Crippen LogP) is 1.36. The van der Waals surface area contributed by atoms with Crippen molar-refractivity contribution in [3.63, 3.8) is 0 Å². The zero-order valence-electron chi connectivity index (χ0n) is 11.5. The van der Waals surface area contributed by atoms with Crippen LogP contribution in [0.1, 0.15) is 43.4 Å². The first-order valence-corrected chi connectivity index (χ1v) is 7.25. The molecule has 3 rings (SSSR count). The van der Waals surface area contributed by atoms with E-state index in [9.17, 15) is 4.79 Å². The fourth-order valence-electron chi connectivity index (χ4n) is 3.42. The maximum Gasteiger partial charge on any atom is 0.225 e. The van der Waals surface area contributed by atoms with Gasteiger partial charge < -0.3 is 11.1 Å². The van der Waals surface area contributed by atoms with E-state index in [4.69, 9.17) is 5.73 Å². The molecule has 2 atom stereocenters. The van der Waals surface area contributed by atoms with E-state index in [2.05, 4.69) is 10.4 Å². The van der Waals surface area contributed by atoms with Crippen LogP contribution in [0.2, 0.25) is 0 Å². The summed E-state index contributed by atoms with van der Waals surface area (Å²) in [5.74, 6) is 1.32. The van der Waals surface area contributed by atoms with Gasteiger partial charge in [-0.2, -0.15) is 5.10 Å². The smallest absolute Gasteiger partial charge is 0.225 e. The number of anilines is 1. The molecule has 2 aliphatic rings. The van der Waals surface area contributed by atoms with Crippen molar-refractivity contribution in [2.75, 3.05) is 5.32 Å². The Morgan fingerprint density at radius 2 is 2.26 bits per heavy atom. The van der Waals surface area contributed by atoms with E-state index in [-0.39, 0.29) is 11.9 Å². The fourth-order valence-corrected chi connectivity index (χ4v) is 3.42. The first-order chi connectivity index (χ1) is 9.15. The second-order valence-corrected chi connectivity index (χ2v) is 5.86. The predicted molar refractivity (Wildman–Crippen MR) is 73.8 cm³/mol. The van der Waals surface area contributed by atoms with E-state index in [1.165, 1.54) is 5.56 Å². The Kier molecular flexibility index (Phi) is 3.31. The molecular weight excluding hydrogens is 240 g/mol. The molecule has 1 heterocycles. The molecule has 0 bridgehead atoms. The number of carbonyl (C=O) groups excluding carboxylic acids is 1. The topological polar surface area (TPSA) is 72.9 Å². The van der Waals surface area contributed by atoms with Crippen molar-refractivity contribution in [1.82, 2.24) is 9.78 Å². The van der Waals surface area contributed by atoms with Gasteiger partial charge in [-0.3, -0.25) is 9.48 Å². The molecule has 1 aromatic rings. The average molecular weight is 262 g/mol. The Hall–Kier alpha value is -1.36. The third kappa shape index (κ3) is 2.39. The average Bonchev–Trinajstić information content (AvgIpc) is 3.01. The Morgan fingerprint density at radius 1 is 1.42 bits per heavy atom. The maximum absolute atomic E-state index is 12.2. The summed E-state index contributed by atoms with van der Waals surface area (Å²) < 4.78 is 1.80. The van der Waals surface area contributed by atoms with Gasteiger partial charge in [0.25, 0.3) is 0 Å². The molecule has 3 N–H and O–H groups in total. The van der Waals surface area contributed by atoms with Crippen LogP contribution < -0.4 is 11.1 Å². The van der Waals surface area contributed by atoms with Crippen LogP contribution in [0.3, 0.4) is 0 Å². The van der Waals surface area contributed by atoms with Crippen molar-refractivity contribution in [3.05, 3.63) is 11.3 Å². The molecule has 0 spiro atoms. The van der Waals surface area contributed by atoms with Crippen molar-refractivity contribution in [1.29, 1.82) is 0 Å². The normalized spacial score (nSPS) is 25.6. The number of hydrogen-bond donors (Lipinski definition) is 2. The largest absolute Gasteiger partial charge is 0.327 e. The molecule has 0 unspecified atom stereocenters. The van der Waals surface area contributed by atoms with E-state index < -0.39 is 0 Å². The number of nitrogens with one attached hydrogen (secondary N) is 1. The number of amides is 1. The lowest BCUT2D eigenvalue weighted by atomic mass is 10.00. The molecule has 0 radical (unpaired) electrons. The first kappa shape index (κ1) is 12.7. The lowest BCUT2D eigenvalue weighted by Gasteiger charge is -2.15. The third-order valence-electron chi connectivity index (χ3n) is 4.49. The molecule has 104 valence electrons. The highest BCUT2D eigenvalue weighted by Gasteiger charge is 2.27. The Balaban J connectivity index is 1.66. The highest BCUT2D eigenvalue weighted by molar-refractivity contribution is 5.91. The van der Waals surface area contributed by atoms with Gasteiger partial charge in [-0.25, -0.2) is 0 Å². The fraction of sp³-hybridized carbons (Fsp3) is 0.714. The monoisotopic (exact) mass is 262 g/mol. The third-order valence-corrected chi connectivity index (χ3v) is 4.49. The van der Waals surface area contributed by atoms with Crippen molar-refractivity contribution < 1.29 is 4.79 Å². The number of rotatable bonds is 3. The van der Waals surface area contributed by atoms with Crippen LogP contribution in [0.4, 0.5) is 5.82 Å². The van der Waals surface area contributed by atoms with Gasteiger partial charge >= 0.3 is 0 Å². The van der Waals surface area contributed by atoms with Crippen LogP contribution in [-0.4, -0.2) is 21.7 Å². The summed E-state index contributed by atoms with van der Waals surface area (Å²) in [7, 11) is 1.90. The number of nitrogens with two attached hydrogens (primary N) is 1. The number of carbonyl (C=O) groups is 1. The van der Waals surface area contributed by atoms with Gasteiger partial charge in [-0.15, -0.1) is 0 Å². The van der Waals surface area contributed by atoms with E-state index >= 15 is 0 Å². The molecule has 1 saturated carbocycles. The molecule has 0 saturated heterocycles. The highest BCUT2D eigenvalue weighted by Crippen LogP contribution is 2.30. The maximum atomic E-state index is 12.2. The van der Waals surface area contributed by atoms with Gasteiger partial charge in [0.2, 0.25) is 5.91 Å². The Labute approximate surface area is 113 Å². The summed E-state index contributed by atoms with van der Waals surface area (Å²) in [6, 6.07) is 0.197. The van der Waals surface area contributed by atoms with Gasteiger partial charge in [0.05, 0.1) is 5.69 Å². The second-order valence-electron chi connectivity index (χ2n) is 5.86.